The fraction of sp³-hybridized carbons (Fsp3) is 0.750. The number of amides is 1. The van der Waals surface area contributed by atoms with Crippen LogP contribution in [-0.4, -0.2) is 53.6 Å². The number of ether oxygens (including phenoxy) is 1. The number of nitrogens with one attached hydrogen (secondary N) is 1. The van der Waals surface area contributed by atoms with Crippen molar-refractivity contribution in [2.24, 2.45) is 5.73 Å². The Labute approximate surface area is 93.4 Å². The summed E-state index contributed by atoms with van der Waals surface area (Å²) in [5.74, 6) is 0. The molecule has 1 aliphatic heterocycles. The average Bonchev–Trinajstić information content (AvgIpc) is 2.17. The minimum Gasteiger partial charge on any atom is -0.465 e. The second-order valence-corrected chi connectivity index (χ2v) is 3.82. The van der Waals surface area contributed by atoms with E-state index < -0.39 is 6.09 Å². The zero-order valence-corrected chi connectivity index (χ0v) is 9.29. The minimum atomic E-state index is -1.04. The van der Waals surface area contributed by atoms with Crippen molar-refractivity contribution >= 4 is 23.4 Å². The van der Waals surface area contributed by atoms with E-state index in [2.05, 4.69) is 5.32 Å². The molecule has 0 bridgehead atoms. The third-order valence-electron chi connectivity index (χ3n) is 2.48. The van der Waals surface area contributed by atoms with Crippen LogP contribution in [0.15, 0.2) is 0 Å². The fourth-order valence-corrected chi connectivity index (χ4v) is 1.85. The van der Waals surface area contributed by atoms with E-state index in [-0.39, 0.29) is 12.1 Å². The molecule has 1 heterocycles. The summed E-state index contributed by atoms with van der Waals surface area (Å²) in [6, 6.07) is -0.196. The molecule has 0 aromatic rings. The van der Waals surface area contributed by atoms with Crippen LogP contribution in [0.1, 0.15) is 6.42 Å². The molecule has 15 heavy (non-hydrogen) atoms. The van der Waals surface area contributed by atoms with Crippen LogP contribution in [0.2, 0.25) is 0 Å². The lowest BCUT2D eigenvalue weighted by atomic mass is 10.0. The molecule has 86 valence electrons. The molecule has 6 nitrogen and oxygen atoms in total. The van der Waals surface area contributed by atoms with Gasteiger partial charge in [-0.15, -0.1) is 0 Å². The van der Waals surface area contributed by atoms with Crippen molar-refractivity contribution in [1.29, 1.82) is 0 Å². The lowest BCUT2D eigenvalue weighted by Crippen LogP contribution is -2.56. The highest BCUT2D eigenvalue weighted by molar-refractivity contribution is 7.80. The maximum atomic E-state index is 10.5. The normalized spacial score (nSPS) is 26.1. The molecule has 0 aromatic heterocycles. The van der Waals surface area contributed by atoms with Gasteiger partial charge in [-0.2, -0.15) is 0 Å². The van der Waals surface area contributed by atoms with Crippen molar-refractivity contribution < 1.29 is 14.6 Å². The zero-order valence-electron chi connectivity index (χ0n) is 8.47. The molecule has 1 fully saturated rings. The van der Waals surface area contributed by atoms with Gasteiger partial charge in [0.1, 0.15) is 0 Å². The van der Waals surface area contributed by atoms with Gasteiger partial charge < -0.3 is 25.8 Å². The summed E-state index contributed by atoms with van der Waals surface area (Å²) in [4.78, 5) is 12.3. The van der Waals surface area contributed by atoms with Crippen molar-refractivity contribution in [2.45, 2.75) is 18.6 Å². The van der Waals surface area contributed by atoms with E-state index in [1.165, 1.54) is 0 Å². The Morgan fingerprint density at radius 3 is 2.87 bits per heavy atom. The quantitative estimate of drug-likeness (QED) is 0.562. The maximum Gasteiger partial charge on any atom is 0.404 e. The van der Waals surface area contributed by atoms with E-state index in [0.29, 0.717) is 24.6 Å². The number of nitrogens with zero attached hydrogens (tertiary/aromatic N) is 1. The molecule has 1 amide bonds. The minimum absolute atomic E-state index is 0.196. The van der Waals surface area contributed by atoms with Crippen molar-refractivity contribution in [3.63, 3.8) is 0 Å². The molecule has 1 aliphatic rings. The van der Waals surface area contributed by atoms with Crippen molar-refractivity contribution in [1.82, 2.24) is 10.2 Å². The van der Waals surface area contributed by atoms with Crippen LogP contribution >= 0.6 is 12.2 Å². The molecule has 0 spiro atoms. The van der Waals surface area contributed by atoms with Gasteiger partial charge in [0, 0.05) is 20.2 Å². The van der Waals surface area contributed by atoms with Crippen molar-refractivity contribution in [3.05, 3.63) is 0 Å². The SMILES string of the molecule is CO[C@@H]1CN(C(N)=S)CC[C@@H]1NC(=O)O. The Balaban J connectivity index is 2.56. The molecular formula is C8H15N3O3S. The Morgan fingerprint density at radius 1 is 1.73 bits per heavy atom. The van der Waals surface area contributed by atoms with E-state index in [1.807, 2.05) is 4.90 Å². The van der Waals surface area contributed by atoms with Crippen LogP contribution in [0.3, 0.4) is 0 Å². The smallest absolute Gasteiger partial charge is 0.404 e. The molecule has 1 saturated heterocycles. The first-order valence-electron chi connectivity index (χ1n) is 4.61. The summed E-state index contributed by atoms with van der Waals surface area (Å²) in [5.41, 5.74) is 5.50. The Bertz CT molecular complexity index is 262. The summed E-state index contributed by atoms with van der Waals surface area (Å²) in [6.07, 6.45) is -0.607. The fourth-order valence-electron chi connectivity index (χ4n) is 1.68. The summed E-state index contributed by atoms with van der Waals surface area (Å²) < 4.78 is 5.20. The molecule has 1 rings (SSSR count). The second-order valence-electron chi connectivity index (χ2n) is 3.40. The van der Waals surface area contributed by atoms with Gasteiger partial charge >= 0.3 is 6.09 Å². The molecule has 0 aromatic carbocycles. The summed E-state index contributed by atoms with van der Waals surface area (Å²) in [7, 11) is 1.55. The van der Waals surface area contributed by atoms with E-state index in [9.17, 15) is 4.79 Å². The monoisotopic (exact) mass is 233 g/mol. The van der Waals surface area contributed by atoms with Crippen molar-refractivity contribution in [2.75, 3.05) is 20.2 Å². The molecule has 7 heteroatoms. The van der Waals surface area contributed by atoms with E-state index in [4.69, 9.17) is 27.8 Å². The Kier molecular flexibility index (Phi) is 4.10. The lowest BCUT2D eigenvalue weighted by molar-refractivity contribution is 0.0269. The molecule has 0 unspecified atom stereocenters. The Hall–Kier alpha value is -1.08. The topological polar surface area (TPSA) is 87.8 Å². The van der Waals surface area contributed by atoms with E-state index in [0.717, 1.165) is 0 Å². The average molecular weight is 233 g/mol. The number of carboxylic acid groups (broad SMARTS) is 1. The number of nitrogens with two attached hydrogens (primary N) is 1. The summed E-state index contributed by atoms with van der Waals surface area (Å²) in [5, 5.41) is 11.4. The Morgan fingerprint density at radius 2 is 2.40 bits per heavy atom. The molecule has 0 radical (unpaired) electrons. The molecule has 0 aliphatic carbocycles. The van der Waals surface area contributed by atoms with E-state index >= 15 is 0 Å². The van der Waals surface area contributed by atoms with Crippen LogP contribution < -0.4 is 11.1 Å². The maximum absolute atomic E-state index is 10.5. The third-order valence-corrected chi connectivity index (χ3v) is 2.74. The van der Waals surface area contributed by atoms with Gasteiger partial charge in [0.05, 0.1) is 12.1 Å². The number of piperidine rings is 1. The van der Waals surface area contributed by atoms with Crippen LogP contribution in [-0.2, 0) is 4.74 Å². The number of hydrogen-bond donors (Lipinski definition) is 3. The number of likely N-dealkylation sites (tertiary alicyclic amines) is 1. The first-order chi connectivity index (χ1) is 7.04. The van der Waals surface area contributed by atoms with Gasteiger partial charge in [-0.3, -0.25) is 0 Å². The third kappa shape index (κ3) is 3.21. The van der Waals surface area contributed by atoms with E-state index in [1.54, 1.807) is 7.11 Å². The van der Waals surface area contributed by atoms with Gasteiger partial charge in [0.15, 0.2) is 5.11 Å². The highest BCUT2D eigenvalue weighted by Crippen LogP contribution is 2.13. The number of methoxy groups -OCH3 is 1. The van der Waals surface area contributed by atoms with Crippen LogP contribution in [0.4, 0.5) is 4.79 Å². The highest BCUT2D eigenvalue weighted by Gasteiger charge is 2.30. The van der Waals surface area contributed by atoms with Crippen LogP contribution in [0, 0.1) is 0 Å². The standard InChI is InChI=1S/C8H15N3O3S/c1-14-6-4-11(7(9)15)3-2-5(6)10-8(12)13/h5-6,10H,2-4H2,1H3,(H2,9,15)(H,12,13)/t5-,6+/m0/s1. The van der Waals surface area contributed by atoms with Crippen LogP contribution in [0.5, 0.6) is 0 Å². The molecular weight excluding hydrogens is 218 g/mol. The highest BCUT2D eigenvalue weighted by atomic mass is 32.1. The van der Waals surface area contributed by atoms with Crippen LogP contribution in [0.25, 0.3) is 0 Å². The first kappa shape index (κ1) is 12.0. The van der Waals surface area contributed by atoms with Gasteiger partial charge in [-0.25, -0.2) is 4.79 Å². The molecule has 2 atom stereocenters. The zero-order chi connectivity index (χ0) is 11.4. The van der Waals surface area contributed by atoms with Crippen molar-refractivity contribution in [3.8, 4) is 0 Å². The number of carbonyl (C=O) groups is 1. The van der Waals surface area contributed by atoms with Gasteiger partial charge in [0.2, 0.25) is 0 Å². The van der Waals surface area contributed by atoms with Gasteiger partial charge in [-0.1, -0.05) is 0 Å². The first-order valence-corrected chi connectivity index (χ1v) is 5.02. The number of thiocarbonyl (C=S) groups is 1. The second kappa shape index (κ2) is 5.13. The largest absolute Gasteiger partial charge is 0.465 e. The number of hydrogen-bond acceptors (Lipinski definition) is 3. The summed E-state index contributed by atoms with van der Waals surface area (Å²) >= 11 is 4.85. The molecule has 4 N–H and O–H groups in total. The van der Waals surface area contributed by atoms with Gasteiger partial charge in [-0.05, 0) is 18.6 Å². The van der Waals surface area contributed by atoms with Gasteiger partial charge in [0.25, 0.3) is 0 Å². The summed E-state index contributed by atoms with van der Waals surface area (Å²) in [6.45, 7) is 1.18. The predicted octanol–water partition coefficient (Wildman–Crippen LogP) is -0.413. The molecule has 0 saturated carbocycles. The number of rotatable bonds is 2. The predicted molar refractivity (Wildman–Crippen MR) is 58.7 cm³/mol. The lowest BCUT2D eigenvalue weighted by Gasteiger charge is -2.37.